The van der Waals surface area contributed by atoms with Gasteiger partial charge in [0.25, 0.3) is 0 Å². The summed E-state index contributed by atoms with van der Waals surface area (Å²) in [6.45, 7) is 6.00. The topological polar surface area (TPSA) is 52.0 Å². The quantitative estimate of drug-likeness (QED) is 0.243. The standard InChI is InChI=1S/C2H4.CH4N2S.H4Si/c1-2;2-1(3)4;/h1-2H2;(H4,2,3,4);1H4. The van der Waals surface area contributed by atoms with Gasteiger partial charge in [-0.05, 0) is 23.2 Å². The van der Waals surface area contributed by atoms with Gasteiger partial charge in [-0.15, -0.1) is 13.2 Å². The molecular weight excluding hydrogens is 124 g/mol. The summed E-state index contributed by atoms with van der Waals surface area (Å²) in [6.07, 6.45) is 0. The van der Waals surface area contributed by atoms with E-state index in [4.69, 9.17) is 0 Å². The van der Waals surface area contributed by atoms with E-state index in [9.17, 15) is 0 Å². The van der Waals surface area contributed by atoms with Crippen LogP contribution in [-0.4, -0.2) is 16.1 Å². The number of thiocarbonyl (C=S) groups is 1. The van der Waals surface area contributed by atoms with E-state index in [1.165, 1.54) is 0 Å². The highest BCUT2D eigenvalue weighted by Crippen LogP contribution is 1.32. The molecular formula is C3H12N2SSi. The molecule has 0 bridgehead atoms. The van der Waals surface area contributed by atoms with E-state index in [-0.39, 0.29) is 16.1 Å². The molecule has 0 saturated carbocycles. The van der Waals surface area contributed by atoms with Crippen LogP contribution in [0.25, 0.3) is 0 Å². The summed E-state index contributed by atoms with van der Waals surface area (Å²) in [6, 6.07) is 0. The maximum absolute atomic E-state index is 4.62. The van der Waals surface area contributed by atoms with Crippen molar-refractivity contribution in [3.63, 3.8) is 0 Å². The van der Waals surface area contributed by atoms with Crippen molar-refractivity contribution in [1.29, 1.82) is 0 Å². The fraction of sp³-hybridized carbons (Fsp3) is 0. The van der Waals surface area contributed by atoms with E-state index in [0.29, 0.717) is 0 Å². The summed E-state index contributed by atoms with van der Waals surface area (Å²) in [7, 11) is 0. The first-order valence-electron chi connectivity index (χ1n) is 1.28. The minimum absolute atomic E-state index is 0. The third-order valence-corrected chi connectivity index (χ3v) is 0. The van der Waals surface area contributed by atoms with Crippen LogP contribution in [0.3, 0.4) is 0 Å². The highest BCUT2D eigenvalue weighted by Gasteiger charge is 1.53. The monoisotopic (exact) mass is 136 g/mol. The van der Waals surface area contributed by atoms with Gasteiger partial charge in [0.1, 0.15) is 0 Å². The first kappa shape index (κ1) is 15.9. The third-order valence-electron chi connectivity index (χ3n) is 0. The van der Waals surface area contributed by atoms with Crippen molar-refractivity contribution < 1.29 is 0 Å². The first-order chi connectivity index (χ1) is 2.73. The molecule has 0 saturated heterocycles. The Hall–Kier alpha value is -0.353. The van der Waals surface area contributed by atoms with Gasteiger partial charge in [0.05, 0.1) is 0 Å². The molecule has 7 heavy (non-hydrogen) atoms. The predicted molar refractivity (Wildman–Crippen MR) is 43.6 cm³/mol. The Balaban J connectivity index is -0.0000000480. The van der Waals surface area contributed by atoms with Crippen molar-refractivity contribution in [2.45, 2.75) is 0 Å². The molecule has 0 unspecified atom stereocenters. The molecule has 0 aliphatic carbocycles. The number of rotatable bonds is 0. The van der Waals surface area contributed by atoms with Gasteiger partial charge >= 0.3 is 0 Å². The highest BCUT2D eigenvalue weighted by atomic mass is 32.1. The Morgan fingerprint density at radius 2 is 1.29 bits per heavy atom. The van der Waals surface area contributed by atoms with Crippen LogP contribution in [0.5, 0.6) is 0 Å². The summed E-state index contributed by atoms with van der Waals surface area (Å²) in [5, 5.41) is 0.000000000000000222. The number of nitrogens with two attached hydrogens (primary N) is 2. The van der Waals surface area contributed by atoms with E-state index >= 15 is 0 Å². The van der Waals surface area contributed by atoms with Crippen LogP contribution in [0, 0.1) is 0 Å². The predicted octanol–water partition coefficient (Wildman–Crippen LogP) is -1.46. The van der Waals surface area contributed by atoms with Gasteiger partial charge in [-0.2, -0.15) is 0 Å². The molecule has 0 aromatic heterocycles. The average Bonchev–Trinajstić information content (AvgIpc) is 1.41. The Labute approximate surface area is 53.6 Å². The summed E-state index contributed by atoms with van der Waals surface area (Å²) in [4.78, 5) is 0. The normalized spacial score (nSPS) is 4.00. The van der Waals surface area contributed by atoms with E-state index < -0.39 is 0 Å². The molecule has 2 nitrogen and oxygen atoms in total. The van der Waals surface area contributed by atoms with Gasteiger partial charge in [-0.3, -0.25) is 0 Å². The maximum atomic E-state index is 4.62. The lowest BCUT2D eigenvalue weighted by Crippen LogP contribution is -2.18. The maximum Gasteiger partial charge on any atom is 0.160 e. The SMILES string of the molecule is C=C.NC(N)=S.[SiH4]. The Morgan fingerprint density at radius 1 is 1.29 bits per heavy atom. The van der Waals surface area contributed by atoms with Crippen LogP contribution in [0.15, 0.2) is 13.2 Å². The van der Waals surface area contributed by atoms with Crippen LogP contribution >= 0.6 is 12.2 Å². The van der Waals surface area contributed by atoms with Gasteiger partial charge in [-0.25, -0.2) is 0 Å². The molecule has 0 atom stereocenters. The van der Waals surface area contributed by atoms with E-state index in [1.807, 2.05) is 0 Å². The Morgan fingerprint density at radius 3 is 1.29 bits per heavy atom. The van der Waals surface area contributed by atoms with Crippen molar-refractivity contribution >= 4 is 28.3 Å². The molecule has 0 amide bonds. The minimum atomic E-state index is 0. The zero-order valence-corrected chi connectivity index (χ0v) is 4.29. The zero-order chi connectivity index (χ0) is 5.58. The van der Waals surface area contributed by atoms with Crippen LogP contribution in [0.2, 0.25) is 0 Å². The number of hydrogen-bond donors (Lipinski definition) is 2. The molecule has 0 fully saturated rings. The molecule has 0 aliphatic heterocycles. The molecule has 0 heterocycles. The van der Waals surface area contributed by atoms with Gasteiger partial charge < -0.3 is 11.5 Å². The largest absolute Gasteiger partial charge is 0.377 e. The molecule has 0 radical (unpaired) electrons. The van der Waals surface area contributed by atoms with Crippen molar-refractivity contribution in [3.05, 3.63) is 13.2 Å². The van der Waals surface area contributed by atoms with Gasteiger partial charge in [0.15, 0.2) is 5.11 Å². The van der Waals surface area contributed by atoms with Crippen molar-refractivity contribution in [2.75, 3.05) is 0 Å². The lowest BCUT2D eigenvalue weighted by molar-refractivity contribution is 1.65. The molecule has 0 rings (SSSR count). The lowest BCUT2D eigenvalue weighted by Gasteiger charge is -1.68. The molecule has 0 aromatic carbocycles. The second kappa shape index (κ2) is 17.4. The lowest BCUT2D eigenvalue weighted by atomic mass is 11.3. The number of hydrogen-bond acceptors (Lipinski definition) is 1. The molecule has 0 aliphatic rings. The minimum Gasteiger partial charge on any atom is -0.377 e. The van der Waals surface area contributed by atoms with Gasteiger partial charge in [-0.1, -0.05) is 0 Å². The first-order valence-corrected chi connectivity index (χ1v) is 1.69. The van der Waals surface area contributed by atoms with Crippen LogP contribution in [0.4, 0.5) is 0 Å². The molecule has 0 aromatic rings. The second-order valence-electron chi connectivity index (χ2n) is 0.402. The Kier molecular flexibility index (Phi) is 39.6. The zero-order valence-electron chi connectivity index (χ0n) is 3.48. The smallest absolute Gasteiger partial charge is 0.160 e. The summed E-state index contributed by atoms with van der Waals surface area (Å²) in [5.74, 6) is 0. The molecule has 44 valence electrons. The van der Waals surface area contributed by atoms with Crippen LogP contribution in [-0.2, 0) is 0 Å². The average molecular weight is 136 g/mol. The van der Waals surface area contributed by atoms with E-state index in [1.54, 1.807) is 0 Å². The molecule has 4 heteroatoms. The second-order valence-corrected chi connectivity index (χ2v) is 0.874. The summed E-state index contributed by atoms with van der Waals surface area (Å²) >= 11 is 4.09. The van der Waals surface area contributed by atoms with Crippen molar-refractivity contribution in [1.82, 2.24) is 0 Å². The fourth-order valence-corrected chi connectivity index (χ4v) is 0. The van der Waals surface area contributed by atoms with E-state index in [2.05, 4.69) is 36.8 Å². The van der Waals surface area contributed by atoms with Crippen LogP contribution in [0.1, 0.15) is 0 Å². The summed E-state index contributed by atoms with van der Waals surface area (Å²) in [5.41, 5.74) is 9.24. The summed E-state index contributed by atoms with van der Waals surface area (Å²) < 4.78 is 0. The molecule has 4 N–H and O–H groups in total. The highest BCUT2D eigenvalue weighted by molar-refractivity contribution is 7.80. The third kappa shape index (κ3) is 602. The van der Waals surface area contributed by atoms with E-state index in [0.717, 1.165) is 0 Å². The fourth-order valence-electron chi connectivity index (χ4n) is 0. The van der Waals surface area contributed by atoms with Crippen molar-refractivity contribution in [3.8, 4) is 0 Å². The molecule has 0 spiro atoms. The van der Waals surface area contributed by atoms with Crippen molar-refractivity contribution in [2.24, 2.45) is 11.5 Å². The Bertz CT molecular complexity index is 44.2. The van der Waals surface area contributed by atoms with Gasteiger partial charge in [0.2, 0.25) is 0 Å². The van der Waals surface area contributed by atoms with Gasteiger partial charge in [0, 0.05) is 0 Å². The van der Waals surface area contributed by atoms with Crippen LogP contribution < -0.4 is 11.5 Å².